The smallest absolute Gasteiger partial charge is 0.115 e. The SMILES string of the molecule is [B]c1cnc2c(c1)C=Cc1cc(Cl)cc(Br)c1C2C1CCNCC1. The van der Waals surface area contributed by atoms with Crippen molar-refractivity contribution in [3.8, 4) is 0 Å². The molecule has 2 aliphatic rings. The van der Waals surface area contributed by atoms with E-state index in [1.807, 2.05) is 18.2 Å². The Hall–Kier alpha value is -1.10. The highest BCUT2D eigenvalue weighted by Crippen LogP contribution is 2.45. The zero-order valence-electron chi connectivity index (χ0n) is 13.2. The first-order valence-electron chi connectivity index (χ1n) is 8.26. The molecule has 2 nitrogen and oxygen atoms in total. The van der Waals surface area contributed by atoms with Crippen molar-refractivity contribution in [1.82, 2.24) is 10.3 Å². The number of fused-ring (bicyclic) bond motifs is 2. The first kappa shape index (κ1) is 16.4. The zero-order chi connectivity index (χ0) is 16.7. The van der Waals surface area contributed by atoms with Gasteiger partial charge in [0.05, 0.1) is 5.69 Å². The standard InChI is InChI=1S/C19H17BBrClN2/c20-14-7-13-2-1-12-8-15(22)9-16(21)17(12)18(19(13)24-10-14)11-3-5-23-6-4-11/h1-2,7-11,18,23H,3-6H2. The van der Waals surface area contributed by atoms with Crippen molar-refractivity contribution in [2.24, 2.45) is 5.92 Å². The molecule has 5 heteroatoms. The summed E-state index contributed by atoms with van der Waals surface area (Å²) >= 11 is 10.1. The maximum Gasteiger partial charge on any atom is 0.115 e. The second-order valence-corrected chi connectivity index (χ2v) is 7.82. The summed E-state index contributed by atoms with van der Waals surface area (Å²) in [5.41, 5.74) is 5.38. The minimum absolute atomic E-state index is 0.249. The number of aromatic nitrogens is 1. The van der Waals surface area contributed by atoms with Gasteiger partial charge in [-0.3, -0.25) is 4.98 Å². The molecule has 4 rings (SSSR count). The molecule has 1 atom stereocenters. The maximum atomic E-state index is 6.30. The lowest BCUT2D eigenvalue weighted by atomic mass is 9.76. The summed E-state index contributed by atoms with van der Waals surface area (Å²) in [5.74, 6) is 0.802. The molecule has 0 spiro atoms. The van der Waals surface area contributed by atoms with Crippen molar-refractivity contribution < 1.29 is 0 Å². The van der Waals surface area contributed by atoms with Gasteiger partial charge in [0.25, 0.3) is 0 Å². The van der Waals surface area contributed by atoms with E-state index in [1.165, 1.54) is 5.56 Å². The summed E-state index contributed by atoms with van der Waals surface area (Å²) < 4.78 is 1.06. The molecule has 0 bridgehead atoms. The third-order valence-electron chi connectivity index (χ3n) is 5.00. The van der Waals surface area contributed by atoms with E-state index in [4.69, 9.17) is 24.4 Å². The van der Waals surface area contributed by atoms with E-state index in [0.29, 0.717) is 11.4 Å². The molecule has 1 unspecified atom stereocenters. The summed E-state index contributed by atoms with van der Waals surface area (Å²) in [5, 5.41) is 4.20. The molecule has 1 fully saturated rings. The summed E-state index contributed by atoms with van der Waals surface area (Å²) in [6.45, 7) is 2.11. The lowest BCUT2D eigenvalue weighted by Gasteiger charge is -2.32. The van der Waals surface area contributed by atoms with E-state index >= 15 is 0 Å². The predicted octanol–water partition coefficient (Wildman–Crippen LogP) is 3.91. The largest absolute Gasteiger partial charge is 0.317 e. The van der Waals surface area contributed by atoms with E-state index in [2.05, 4.69) is 33.4 Å². The van der Waals surface area contributed by atoms with Gasteiger partial charge in [0.1, 0.15) is 7.85 Å². The van der Waals surface area contributed by atoms with E-state index in [-0.39, 0.29) is 5.92 Å². The van der Waals surface area contributed by atoms with Crippen LogP contribution in [-0.4, -0.2) is 25.9 Å². The van der Waals surface area contributed by atoms with Gasteiger partial charge in [-0.1, -0.05) is 51.2 Å². The van der Waals surface area contributed by atoms with Crippen LogP contribution in [-0.2, 0) is 0 Å². The highest BCUT2D eigenvalue weighted by atomic mass is 79.9. The predicted molar refractivity (Wildman–Crippen MR) is 105 cm³/mol. The molecule has 0 saturated carbocycles. The van der Waals surface area contributed by atoms with Gasteiger partial charge < -0.3 is 5.32 Å². The van der Waals surface area contributed by atoms with Crippen molar-refractivity contribution in [1.29, 1.82) is 0 Å². The molecule has 1 aromatic carbocycles. The number of nitrogens with zero attached hydrogens (tertiary/aromatic N) is 1. The maximum absolute atomic E-state index is 6.30. The van der Waals surface area contributed by atoms with Crippen molar-refractivity contribution in [2.45, 2.75) is 18.8 Å². The monoisotopic (exact) mass is 398 g/mol. The summed E-state index contributed by atoms with van der Waals surface area (Å²) in [7, 11) is 5.98. The fraction of sp³-hybridized carbons (Fsp3) is 0.316. The quantitative estimate of drug-likeness (QED) is 0.736. The van der Waals surface area contributed by atoms with Crippen molar-refractivity contribution in [3.63, 3.8) is 0 Å². The van der Waals surface area contributed by atoms with Crippen LogP contribution in [0.15, 0.2) is 28.9 Å². The van der Waals surface area contributed by atoms with Gasteiger partial charge in [-0.2, -0.15) is 0 Å². The third-order valence-corrected chi connectivity index (χ3v) is 5.87. The molecule has 2 radical (unpaired) electrons. The van der Waals surface area contributed by atoms with Crippen molar-refractivity contribution in [3.05, 3.63) is 56.3 Å². The molecule has 1 aliphatic carbocycles. The molecule has 2 heterocycles. The number of nitrogens with one attached hydrogen (secondary N) is 1. The normalized spacial score (nSPS) is 20.3. The number of pyridine rings is 1. The van der Waals surface area contributed by atoms with Crippen LogP contribution in [0, 0.1) is 5.92 Å². The Bertz CT molecular complexity index is 815. The number of hydrogen-bond donors (Lipinski definition) is 1. The van der Waals surface area contributed by atoms with Crippen LogP contribution in [0.1, 0.15) is 41.1 Å². The Morgan fingerprint density at radius 2 is 1.88 bits per heavy atom. The lowest BCUT2D eigenvalue weighted by molar-refractivity contribution is 0.338. The molecule has 1 aliphatic heterocycles. The van der Waals surface area contributed by atoms with Crippen LogP contribution in [0.4, 0.5) is 0 Å². The van der Waals surface area contributed by atoms with Crippen LogP contribution < -0.4 is 10.8 Å². The van der Waals surface area contributed by atoms with Crippen LogP contribution in [0.2, 0.25) is 5.02 Å². The van der Waals surface area contributed by atoms with Crippen LogP contribution >= 0.6 is 27.5 Å². The summed E-state index contributed by atoms with van der Waals surface area (Å²) in [4.78, 5) is 4.75. The first-order valence-corrected chi connectivity index (χ1v) is 9.44. The van der Waals surface area contributed by atoms with Gasteiger partial charge in [-0.15, -0.1) is 0 Å². The molecular formula is C19H17BBrClN2. The fourth-order valence-electron chi connectivity index (χ4n) is 3.93. The van der Waals surface area contributed by atoms with Gasteiger partial charge in [0, 0.05) is 21.6 Å². The van der Waals surface area contributed by atoms with Gasteiger partial charge >= 0.3 is 0 Å². The van der Waals surface area contributed by atoms with E-state index in [0.717, 1.165) is 52.2 Å². The Morgan fingerprint density at radius 1 is 1.12 bits per heavy atom. The highest BCUT2D eigenvalue weighted by Gasteiger charge is 2.33. The Kier molecular flexibility index (Phi) is 4.55. The average Bonchev–Trinajstić information content (AvgIpc) is 2.72. The minimum atomic E-state index is 0.249. The molecule has 1 aromatic heterocycles. The van der Waals surface area contributed by atoms with Crippen molar-refractivity contribution in [2.75, 3.05) is 13.1 Å². The molecule has 1 N–H and O–H groups in total. The Labute approximate surface area is 157 Å². The molecule has 0 amide bonds. The fourth-order valence-corrected chi connectivity index (χ4v) is 5.01. The lowest BCUT2D eigenvalue weighted by Crippen LogP contribution is -2.32. The molecule has 1 saturated heterocycles. The molecule has 2 aromatic rings. The summed E-state index contributed by atoms with van der Waals surface area (Å²) in [6, 6.07) is 6.06. The van der Waals surface area contributed by atoms with E-state index in [1.54, 1.807) is 6.20 Å². The number of hydrogen-bond acceptors (Lipinski definition) is 2. The number of piperidine rings is 1. The van der Waals surface area contributed by atoms with Crippen LogP contribution in [0.25, 0.3) is 12.2 Å². The average molecular weight is 400 g/mol. The third kappa shape index (κ3) is 2.96. The minimum Gasteiger partial charge on any atom is -0.317 e. The van der Waals surface area contributed by atoms with Crippen molar-refractivity contribution >= 4 is 53.0 Å². The second-order valence-electron chi connectivity index (χ2n) is 6.53. The van der Waals surface area contributed by atoms with E-state index in [9.17, 15) is 0 Å². The summed E-state index contributed by atoms with van der Waals surface area (Å²) in [6.07, 6.45) is 8.30. The second kappa shape index (κ2) is 6.66. The van der Waals surface area contributed by atoms with Gasteiger partial charge in [-0.25, -0.2) is 0 Å². The van der Waals surface area contributed by atoms with Gasteiger partial charge in [0.2, 0.25) is 0 Å². The number of rotatable bonds is 1. The van der Waals surface area contributed by atoms with E-state index < -0.39 is 0 Å². The Morgan fingerprint density at radius 3 is 2.67 bits per heavy atom. The number of benzene rings is 1. The highest BCUT2D eigenvalue weighted by molar-refractivity contribution is 9.10. The number of halogens is 2. The molecular weight excluding hydrogens is 382 g/mol. The van der Waals surface area contributed by atoms with Crippen LogP contribution in [0.5, 0.6) is 0 Å². The Balaban J connectivity index is 1.94. The van der Waals surface area contributed by atoms with Crippen LogP contribution in [0.3, 0.4) is 0 Å². The topological polar surface area (TPSA) is 24.9 Å². The first-order chi connectivity index (χ1) is 11.6. The molecule has 24 heavy (non-hydrogen) atoms. The van der Waals surface area contributed by atoms with Gasteiger partial charge in [-0.05, 0) is 60.7 Å². The van der Waals surface area contributed by atoms with Gasteiger partial charge in [0.15, 0.2) is 0 Å². The molecule has 120 valence electrons. The zero-order valence-corrected chi connectivity index (χ0v) is 15.6.